The fourth-order valence-electron chi connectivity index (χ4n) is 6.20. The summed E-state index contributed by atoms with van der Waals surface area (Å²) in [5, 5.41) is 20.7. The van der Waals surface area contributed by atoms with Crippen LogP contribution in [0.4, 0.5) is 11.4 Å². The van der Waals surface area contributed by atoms with Crippen molar-refractivity contribution in [3.63, 3.8) is 0 Å². The van der Waals surface area contributed by atoms with Crippen molar-refractivity contribution >= 4 is 50.6 Å². The molecule has 2 heterocycles. The largest absolute Gasteiger partial charge is 0.398 e. The fraction of sp³-hybridized carbons (Fsp3) is 0.500. The Kier molecular flexibility index (Phi) is 7.96. The number of hydrazone groups is 1. The number of fused-ring (bicyclic) bond motifs is 1. The van der Waals surface area contributed by atoms with E-state index < -0.39 is 16.6 Å². The SMILES string of the molecule is Cc1c(N)c(C(=O)C2CC(C)CN(C=NN)C2)cc2c(CO)c(S(N)(=O)=O)c(CC=O)c(N3CCCC3)c12. The Bertz CT molecular complexity index is 1400. The standard InChI is InChI=1S/C26H36N6O5S/c1-15-9-17(12-31(11-15)14-30-28)25(35)20-10-19-21(13-34)26(38(29,36)37)18(5-8-33)24(32-6-3-4-7-32)22(19)16(2)23(20)27/h8,10,14-15,17,34H,3-7,9,11-13,27-28H2,1-2H3,(H2,29,36,37). The lowest BCUT2D eigenvalue weighted by Crippen LogP contribution is -2.42. The van der Waals surface area contributed by atoms with Crippen molar-refractivity contribution in [3.05, 3.63) is 28.3 Å². The first-order chi connectivity index (χ1) is 18.0. The molecule has 0 spiro atoms. The maximum atomic E-state index is 13.9. The number of primary sulfonamides is 1. The number of nitrogen functional groups attached to an aromatic ring is 1. The van der Waals surface area contributed by atoms with Gasteiger partial charge in [0.25, 0.3) is 0 Å². The highest BCUT2D eigenvalue weighted by Gasteiger charge is 2.34. The van der Waals surface area contributed by atoms with Gasteiger partial charge in [-0.15, -0.1) is 0 Å². The van der Waals surface area contributed by atoms with Crippen LogP contribution >= 0.6 is 0 Å². The van der Waals surface area contributed by atoms with Crippen LogP contribution in [0.3, 0.4) is 0 Å². The molecule has 0 radical (unpaired) electrons. The number of Topliss-reactive ketones (excluding diaryl/α,β-unsaturated/α-hetero) is 1. The van der Waals surface area contributed by atoms with Crippen LogP contribution in [0.25, 0.3) is 10.8 Å². The van der Waals surface area contributed by atoms with Crippen molar-refractivity contribution in [2.24, 2.45) is 27.9 Å². The monoisotopic (exact) mass is 544 g/mol. The van der Waals surface area contributed by atoms with Crippen LogP contribution in [0.2, 0.25) is 0 Å². The smallest absolute Gasteiger partial charge is 0.238 e. The second-order valence-electron chi connectivity index (χ2n) is 10.4. The number of anilines is 2. The summed E-state index contributed by atoms with van der Waals surface area (Å²) in [5.41, 5.74) is 8.67. The maximum absolute atomic E-state index is 13.9. The van der Waals surface area contributed by atoms with Gasteiger partial charge >= 0.3 is 0 Å². The number of carbonyl (C=O) groups is 2. The van der Waals surface area contributed by atoms with Gasteiger partial charge in [0.2, 0.25) is 10.0 Å². The number of ketones is 1. The summed E-state index contributed by atoms with van der Waals surface area (Å²) in [6, 6.07) is 1.59. The number of likely N-dealkylation sites (tertiary alicyclic amines) is 1. The zero-order valence-corrected chi connectivity index (χ0v) is 22.6. The highest BCUT2D eigenvalue weighted by atomic mass is 32.2. The molecule has 2 aliphatic heterocycles. The molecule has 7 N–H and O–H groups in total. The van der Waals surface area contributed by atoms with Crippen molar-refractivity contribution < 1.29 is 23.1 Å². The summed E-state index contributed by atoms with van der Waals surface area (Å²) in [6.07, 6.45) is 4.41. The Balaban J connectivity index is 2.03. The summed E-state index contributed by atoms with van der Waals surface area (Å²) in [7, 11) is -4.33. The van der Waals surface area contributed by atoms with Crippen molar-refractivity contribution in [2.45, 2.75) is 51.0 Å². The number of benzene rings is 2. The molecule has 0 saturated carbocycles. The van der Waals surface area contributed by atoms with Gasteiger partial charge in [-0.2, -0.15) is 5.10 Å². The van der Waals surface area contributed by atoms with Crippen LogP contribution in [0.15, 0.2) is 16.1 Å². The lowest BCUT2D eigenvalue weighted by atomic mass is 9.82. The molecule has 38 heavy (non-hydrogen) atoms. The van der Waals surface area contributed by atoms with Gasteiger partial charge in [-0.05, 0) is 49.1 Å². The lowest BCUT2D eigenvalue weighted by molar-refractivity contribution is -0.107. The van der Waals surface area contributed by atoms with E-state index in [0.29, 0.717) is 60.1 Å². The number of rotatable bonds is 8. The number of piperidine rings is 1. The average molecular weight is 545 g/mol. The van der Waals surface area contributed by atoms with E-state index in [4.69, 9.17) is 16.7 Å². The van der Waals surface area contributed by atoms with E-state index in [1.807, 2.05) is 16.7 Å². The molecule has 12 heteroatoms. The van der Waals surface area contributed by atoms with E-state index in [1.54, 1.807) is 13.0 Å². The topological polar surface area (TPSA) is 185 Å². The Morgan fingerprint density at radius 3 is 2.50 bits per heavy atom. The predicted octanol–water partition coefficient (Wildman–Crippen LogP) is 1.25. The zero-order chi connectivity index (χ0) is 27.8. The van der Waals surface area contributed by atoms with Crippen LogP contribution < -0.4 is 21.6 Å². The quantitative estimate of drug-likeness (QED) is 0.0722. The number of aryl methyl sites for hydroxylation is 1. The number of aldehydes is 1. The Labute approximate surface area is 222 Å². The number of hydrogen-bond donors (Lipinski definition) is 4. The molecule has 0 bridgehead atoms. The van der Waals surface area contributed by atoms with Crippen LogP contribution in [-0.4, -0.2) is 63.0 Å². The third-order valence-electron chi connectivity index (χ3n) is 7.73. The Hall–Kier alpha value is -3.22. The predicted molar refractivity (Wildman–Crippen MR) is 147 cm³/mol. The van der Waals surface area contributed by atoms with E-state index in [2.05, 4.69) is 5.10 Å². The third-order valence-corrected chi connectivity index (χ3v) is 8.79. The second-order valence-corrected chi connectivity index (χ2v) is 11.9. The zero-order valence-electron chi connectivity index (χ0n) is 21.8. The van der Waals surface area contributed by atoms with Gasteiger partial charge in [-0.3, -0.25) is 4.79 Å². The molecule has 206 valence electrons. The molecule has 0 amide bonds. The number of aliphatic hydroxyl groups excluding tert-OH is 1. The molecule has 2 unspecified atom stereocenters. The van der Waals surface area contributed by atoms with Crippen LogP contribution in [-0.2, 0) is 27.8 Å². The number of nitrogens with zero attached hydrogens (tertiary/aromatic N) is 3. The first-order valence-electron chi connectivity index (χ1n) is 12.8. The number of aliphatic hydroxyl groups is 1. The summed E-state index contributed by atoms with van der Waals surface area (Å²) >= 11 is 0. The van der Waals surface area contributed by atoms with Gasteiger partial charge in [0, 0.05) is 72.0 Å². The number of carbonyl (C=O) groups excluding carboxylic acids is 2. The first-order valence-corrected chi connectivity index (χ1v) is 14.3. The summed E-state index contributed by atoms with van der Waals surface area (Å²) in [4.78, 5) is 29.3. The van der Waals surface area contributed by atoms with E-state index in [9.17, 15) is 23.1 Å². The highest BCUT2D eigenvalue weighted by molar-refractivity contribution is 7.89. The van der Waals surface area contributed by atoms with E-state index in [-0.39, 0.29) is 45.6 Å². The van der Waals surface area contributed by atoms with Crippen molar-refractivity contribution in [1.29, 1.82) is 0 Å². The Morgan fingerprint density at radius 1 is 1.24 bits per heavy atom. The van der Waals surface area contributed by atoms with E-state index in [1.165, 1.54) is 6.34 Å². The molecular weight excluding hydrogens is 508 g/mol. The van der Waals surface area contributed by atoms with Gasteiger partial charge in [0.1, 0.15) is 12.6 Å². The number of nitrogens with two attached hydrogens (primary N) is 3. The molecule has 4 rings (SSSR count). The maximum Gasteiger partial charge on any atom is 0.238 e. The molecule has 2 aromatic rings. The normalized spacial score (nSPS) is 20.5. The molecule has 2 atom stereocenters. The lowest BCUT2D eigenvalue weighted by Gasteiger charge is -2.34. The van der Waals surface area contributed by atoms with E-state index >= 15 is 0 Å². The van der Waals surface area contributed by atoms with Crippen molar-refractivity contribution in [1.82, 2.24) is 4.90 Å². The fourth-order valence-corrected chi connectivity index (χ4v) is 7.24. The Morgan fingerprint density at radius 2 is 1.92 bits per heavy atom. The molecule has 2 aromatic carbocycles. The molecule has 0 aliphatic carbocycles. The molecule has 2 fully saturated rings. The summed E-state index contributed by atoms with van der Waals surface area (Å²) < 4.78 is 25.8. The number of hydrogen-bond acceptors (Lipinski definition) is 9. The van der Waals surface area contributed by atoms with E-state index in [0.717, 1.165) is 19.4 Å². The molecule has 2 saturated heterocycles. The van der Waals surface area contributed by atoms with Crippen LogP contribution in [0, 0.1) is 18.8 Å². The molecule has 0 aromatic heterocycles. The average Bonchev–Trinajstić information content (AvgIpc) is 3.39. The van der Waals surface area contributed by atoms with Crippen molar-refractivity contribution in [2.75, 3.05) is 36.8 Å². The highest BCUT2D eigenvalue weighted by Crippen LogP contribution is 2.44. The first kappa shape index (κ1) is 27.8. The third kappa shape index (κ3) is 4.95. The summed E-state index contributed by atoms with van der Waals surface area (Å²) in [5.74, 6) is 5.01. The minimum Gasteiger partial charge on any atom is -0.398 e. The van der Waals surface area contributed by atoms with Crippen molar-refractivity contribution in [3.8, 4) is 0 Å². The molecule has 11 nitrogen and oxygen atoms in total. The van der Waals surface area contributed by atoms with Gasteiger partial charge in [-0.25, -0.2) is 13.6 Å². The van der Waals surface area contributed by atoms with Gasteiger partial charge in [0.15, 0.2) is 5.78 Å². The number of sulfonamides is 1. The minimum atomic E-state index is -4.33. The van der Waals surface area contributed by atoms with Gasteiger partial charge in [-0.1, -0.05) is 6.92 Å². The van der Waals surface area contributed by atoms with Gasteiger partial charge in [0.05, 0.1) is 11.5 Å². The molecule has 2 aliphatic rings. The van der Waals surface area contributed by atoms with Crippen LogP contribution in [0.5, 0.6) is 0 Å². The molecular formula is C26H36N6O5S. The summed E-state index contributed by atoms with van der Waals surface area (Å²) in [6.45, 7) is 5.67. The van der Waals surface area contributed by atoms with Gasteiger partial charge < -0.3 is 31.3 Å². The second kappa shape index (κ2) is 10.9. The van der Waals surface area contributed by atoms with Crippen LogP contribution in [0.1, 0.15) is 53.2 Å². The minimum absolute atomic E-state index is 0.0633.